The molecule has 0 spiro atoms. The highest BCUT2D eigenvalue weighted by molar-refractivity contribution is 7.92. The number of methoxy groups -OCH3 is 1. The van der Waals surface area contributed by atoms with Gasteiger partial charge in [0.2, 0.25) is 0 Å². The Kier molecular flexibility index (Phi) is 6.23. The predicted molar refractivity (Wildman–Crippen MR) is 110 cm³/mol. The molecule has 0 saturated carbocycles. The molecule has 30 heavy (non-hydrogen) atoms. The van der Waals surface area contributed by atoms with E-state index in [-0.39, 0.29) is 11.3 Å². The van der Waals surface area contributed by atoms with Crippen LogP contribution in [0, 0.1) is 11.6 Å². The highest BCUT2D eigenvalue weighted by atomic mass is 35.5. The summed E-state index contributed by atoms with van der Waals surface area (Å²) < 4.78 is 58.4. The van der Waals surface area contributed by atoms with Gasteiger partial charge in [0.05, 0.1) is 17.7 Å². The third kappa shape index (κ3) is 4.87. The smallest absolute Gasteiger partial charge is 0.261 e. The number of ether oxygens (including phenoxy) is 1. The van der Waals surface area contributed by atoms with Crippen LogP contribution >= 0.6 is 11.6 Å². The maximum atomic E-state index is 13.3. The largest absolute Gasteiger partial charge is 0.495 e. The lowest BCUT2D eigenvalue weighted by atomic mass is 10.2. The van der Waals surface area contributed by atoms with Crippen molar-refractivity contribution in [3.63, 3.8) is 0 Å². The topological polar surface area (TPSA) is 84.5 Å². The molecule has 10 heteroatoms. The maximum absolute atomic E-state index is 13.3. The van der Waals surface area contributed by atoms with E-state index in [2.05, 4.69) is 10.0 Å². The van der Waals surface area contributed by atoms with E-state index in [4.69, 9.17) is 16.3 Å². The zero-order valence-electron chi connectivity index (χ0n) is 15.4. The first-order valence-corrected chi connectivity index (χ1v) is 10.3. The number of carbonyl (C=O) groups excluding carboxylic acids is 1. The zero-order valence-corrected chi connectivity index (χ0v) is 17.0. The van der Waals surface area contributed by atoms with Crippen LogP contribution in [-0.2, 0) is 10.0 Å². The molecule has 0 unspecified atom stereocenters. The average molecular weight is 453 g/mol. The summed E-state index contributed by atoms with van der Waals surface area (Å²) in [6.07, 6.45) is 0. The Balaban J connectivity index is 1.75. The minimum absolute atomic E-state index is 0.136. The fraction of sp³-hybridized carbons (Fsp3) is 0.0500. The highest BCUT2D eigenvalue weighted by Crippen LogP contribution is 2.28. The van der Waals surface area contributed by atoms with Gasteiger partial charge >= 0.3 is 0 Å². The van der Waals surface area contributed by atoms with E-state index in [9.17, 15) is 22.0 Å². The molecule has 0 radical (unpaired) electrons. The molecule has 3 aromatic carbocycles. The Morgan fingerprint density at radius 2 is 1.67 bits per heavy atom. The van der Waals surface area contributed by atoms with Crippen LogP contribution < -0.4 is 14.8 Å². The third-order valence-corrected chi connectivity index (χ3v) is 5.62. The molecular formula is C20H15ClF2N2O4S. The molecule has 0 aliphatic rings. The van der Waals surface area contributed by atoms with Crippen molar-refractivity contribution in [3.8, 4) is 5.75 Å². The minimum atomic E-state index is -4.14. The van der Waals surface area contributed by atoms with Gasteiger partial charge in [-0.2, -0.15) is 0 Å². The Hall–Kier alpha value is -3.17. The van der Waals surface area contributed by atoms with Gasteiger partial charge in [-0.15, -0.1) is 0 Å². The van der Waals surface area contributed by atoms with Crippen LogP contribution in [0.5, 0.6) is 5.75 Å². The third-order valence-electron chi connectivity index (χ3n) is 4.01. The number of rotatable bonds is 6. The van der Waals surface area contributed by atoms with Gasteiger partial charge in [-0.25, -0.2) is 17.2 Å². The predicted octanol–water partition coefficient (Wildman–Crippen LogP) is 4.68. The number of halogens is 3. The quantitative estimate of drug-likeness (QED) is 0.568. The molecule has 0 aliphatic heterocycles. The fourth-order valence-electron chi connectivity index (χ4n) is 2.52. The summed E-state index contributed by atoms with van der Waals surface area (Å²) in [5, 5.41) is 3.07. The standard InChI is InChI=1S/C20H15ClF2N2O4S/c1-29-19-9-4-13(21)10-18(19)24-20(26)12-2-5-14(6-3-12)25-30(27,28)15-7-8-16(22)17(23)11-15/h2-11,25H,1H3,(H,24,26). The monoisotopic (exact) mass is 452 g/mol. The van der Waals surface area contributed by atoms with Crippen LogP contribution in [0.25, 0.3) is 0 Å². The van der Waals surface area contributed by atoms with Crippen LogP contribution in [0.2, 0.25) is 5.02 Å². The Bertz CT molecular complexity index is 1200. The van der Waals surface area contributed by atoms with Gasteiger partial charge in [0.1, 0.15) is 5.75 Å². The van der Waals surface area contributed by atoms with Crippen LogP contribution in [0.3, 0.4) is 0 Å². The van der Waals surface area contributed by atoms with E-state index in [1.807, 2.05) is 0 Å². The molecule has 0 atom stereocenters. The number of hydrogen-bond acceptors (Lipinski definition) is 4. The molecule has 6 nitrogen and oxygen atoms in total. The summed E-state index contributed by atoms with van der Waals surface area (Å²) in [5.41, 5.74) is 0.752. The lowest BCUT2D eigenvalue weighted by Crippen LogP contribution is -2.15. The molecule has 0 aromatic heterocycles. The number of nitrogens with one attached hydrogen (secondary N) is 2. The van der Waals surface area contributed by atoms with Crippen LogP contribution in [0.1, 0.15) is 10.4 Å². The second kappa shape index (κ2) is 8.68. The van der Waals surface area contributed by atoms with E-state index in [0.717, 1.165) is 12.1 Å². The fourth-order valence-corrected chi connectivity index (χ4v) is 3.76. The molecule has 2 N–H and O–H groups in total. The van der Waals surface area contributed by atoms with Crippen molar-refractivity contribution in [2.24, 2.45) is 0 Å². The van der Waals surface area contributed by atoms with Crippen molar-refractivity contribution in [1.29, 1.82) is 0 Å². The highest BCUT2D eigenvalue weighted by Gasteiger charge is 2.17. The van der Waals surface area contributed by atoms with E-state index in [1.54, 1.807) is 12.1 Å². The molecule has 3 rings (SSSR count). The molecule has 3 aromatic rings. The molecule has 156 valence electrons. The van der Waals surface area contributed by atoms with Gasteiger partial charge in [0.25, 0.3) is 15.9 Å². The van der Waals surface area contributed by atoms with Gasteiger partial charge in [-0.1, -0.05) is 11.6 Å². The maximum Gasteiger partial charge on any atom is 0.261 e. The Labute approximate surface area is 176 Å². The summed E-state index contributed by atoms with van der Waals surface area (Å²) >= 11 is 5.94. The van der Waals surface area contributed by atoms with E-state index >= 15 is 0 Å². The van der Waals surface area contributed by atoms with Gasteiger partial charge in [0, 0.05) is 16.3 Å². The SMILES string of the molecule is COc1ccc(Cl)cc1NC(=O)c1ccc(NS(=O)(=O)c2ccc(F)c(F)c2)cc1. The lowest BCUT2D eigenvalue weighted by Gasteiger charge is -2.11. The summed E-state index contributed by atoms with van der Waals surface area (Å²) in [6, 6.07) is 12.5. The second-order valence-corrected chi connectivity index (χ2v) is 8.18. The molecule has 0 fully saturated rings. The summed E-state index contributed by atoms with van der Waals surface area (Å²) in [5.74, 6) is -2.48. The first-order chi connectivity index (χ1) is 14.2. The number of benzene rings is 3. The van der Waals surface area contributed by atoms with Gasteiger partial charge < -0.3 is 10.1 Å². The number of hydrogen-bond donors (Lipinski definition) is 2. The van der Waals surface area contributed by atoms with Gasteiger partial charge in [-0.05, 0) is 60.7 Å². The zero-order chi connectivity index (χ0) is 21.9. The molecule has 0 aliphatic carbocycles. The molecule has 0 heterocycles. The summed E-state index contributed by atoms with van der Waals surface area (Å²) in [4.78, 5) is 12.0. The van der Waals surface area contributed by atoms with Crippen molar-refractivity contribution < 1.29 is 26.7 Å². The molecule has 1 amide bonds. The number of amides is 1. The van der Waals surface area contributed by atoms with Crippen LogP contribution in [-0.4, -0.2) is 21.4 Å². The first-order valence-electron chi connectivity index (χ1n) is 8.42. The van der Waals surface area contributed by atoms with E-state index in [0.29, 0.717) is 22.5 Å². The molecule has 0 bridgehead atoms. The van der Waals surface area contributed by atoms with Gasteiger partial charge in [0.15, 0.2) is 11.6 Å². The average Bonchev–Trinajstić information content (AvgIpc) is 2.70. The summed E-state index contributed by atoms with van der Waals surface area (Å²) in [6.45, 7) is 0. The molecule has 0 saturated heterocycles. The van der Waals surface area contributed by atoms with Crippen molar-refractivity contribution in [2.45, 2.75) is 4.90 Å². The number of anilines is 2. The second-order valence-electron chi connectivity index (χ2n) is 6.06. The normalized spacial score (nSPS) is 11.1. The first kappa shape index (κ1) is 21.5. The number of sulfonamides is 1. The van der Waals surface area contributed by atoms with Crippen molar-refractivity contribution in [2.75, 3.05) is 17.1 Å². The number of carbonyl (C=O) groups is 1. The Morgan fingerprint density at radius 3 is 2.30 bits per heavy atom. The van der Waals surface area contributed by atoms with Crippen molar-refractivity contribution in [1.82, 2.24) is 0 Å². The van der Waals surface area contributed by atoms with E-state index in [1.165, 1.54) is 37.4 Å². The van der Waals surface area contributed by atoms with Crippen molar-refractivity contribution in [3.05, 3.63) is 82.9 Å². The summed E-state index contributed by atoms with van der Waals surface area (Å²) in [7, 11) is -2.69. The molecular weight excluding hydrogens is 438 g/mol. The van der Waals surface area contributed by atoms with E-state index < -0.39 is 32.5 Å². The van der Waals surface area contributed by atoms with Gasteiger partial charge in [-0.3, -0.25) is 9.52 Å². The van der Waals surface area contributed by atoms with Crippen molar-refractivity contribution >= 4 is 38.9 Å². The van der Waals surface area contributed by atoms with Crippen LogP contribution in [0.4, 0.5) is 20.2 Å². The Morgan fingerprint density at radius 1 is 0.967 bits per heavy atom. The van der Waals surface area contributed by atoms with Crippen LogP contribution in [0.15, 0.2) is 65.6 Å². The lowest BCUT2D eigenvalue weighted by molar-refractivity contribution is 0.102. The minimum Gasteiger partial charge on any atom is -0.495 e.